The van der Waals surface area contributed by atoms with Gasteiger partial charge in [0.05, 0.1) is 61.0 Å². The van der Waals surface area contributed by atoms with E-state index in [4.69, 9.17) is 79.9 Å². The lowest BCUT2D eigenvalue weighted by atomic mass is 9.99. The van der Waals surface area contributed by atoms with Crippen LogP contribution in [0.25, 0.3) is 0 Å². The van der Waals surface area contributed by atoms with Crippen molar-refractivity contribution in [2.45, 2.75) is 39.5 Å². The molecule has 0 spiro atoms. The second-order valence-electron chi connectivity index (χ2n) is 12.7. The third kappa shape index (κ3) is 13.9. The number of pyridine rings is 2. The second-order valence-corrected chi connectivity index (χ2v) is 14.4. The number of ether oxygens (including phenoxy) is 6. The topological polar surface area (TPSA) is 136 Å². The van der Waals surface area contributed by atoms with Crippen LogP contribution in [0.15, 0.2) is 103 Å². The molecule has 4 aromatic carbocycles. The summed E-state index contributed by atoms with van der Waals surface area (Å²) < 4.78 is 31.9. The maximum Gasteiger partial charge on any atom is 0.337 e. The van der Waals surface area contributed by atoms with Gasteiger partial charge in [-0.15, -0.1) is 0 Å². The summed E-state index contributed by atoms with van der Waals surface area (Å²) in [5.41, 5.74) is 2.22. The van der Waals surface area contributed by atoms with E-state index in [0.29, 0.717) is 96.0 Å². The molecule has 0 atom stereocenters. The van der Waals surface area contributed by atoms with Crippen LogP contribution in [0.3, 0.4) is 0 Å². The summed E-state index contributed by atoms with van der Waals surface area (Å²) in [4.78, 5) is 33.3. The van der Waals surface area contributed by atoms with Gasteiger partial charge in [0.2, 0.25) is 11.8 Å². The van der Waals surface area contributed by atoms with Crippen LogP contribution >= 0.6 is 46.4 Å². The van der Waals surface area contributed by atoms with Crippen LogP contribution in [0.4, 0.5) is 0 Å². The van der Waals surface area contributed by atoms with Gasteiger partial charge in [-0.2, -0.15) is 0 Å². The van der Waals surface area contributed by atoms with Crippen LogP contribution < -0.4 is 28.4 Å². The molecule has 11 nitrogen and oxygen atoms in total. The minimum absolute atomic E-state index is 0.218. The zero-order valence-corrected chi connectivity index (χ0v) is 37.3. The van der Waals surface area contributed by atoms with Gasteiger partial charge in [0.25, 0.3) is 0 Å². The van der Waals surface area contributed by atoms with Gasteiger partial charge in [0, 0.05) is 39.9 Å². The number of carboxylic acids is 1. The molecule has 0 amide bonds. The monoisotopic (exact) mass is 908 g/mol. The quantitative estimate of drug-likeness (QED) is 0.0986. The van der Waals surface area contributed by atoms with E-state index in [9.17, 15) is 9.59 Å². The summed E-state index contributed by atoms with van der Waals surface area (Å²) in [6, 6.07) is 28.8. The Bertz CT molecular complexity index is 2400. The van der Waals surface area contributed by atoms with Crippen molar-refractivity contribution in [3.8, 4) is 46.3 Å². The molecule has 320 valence electrons. The average molecular weight is 911 g/mol. The van der Waals surface area contributed by atoms with Gasteiger partial charge in [-0.1, -0.05) is 73.1 Å². The van der Waals surface area contributed by atoms with Crippen molar-refractivity contribution in [3.05, 3.63) is 151 Å². The lowest BCUT2D eigenvalue weighted by Gasteiger charge is -2.14. The first-order valence-corrected chi connectivity index (χ1v) is 20.3. The Morgan fingerprint density at radius 3 is 1.41 bits per heavy atom. The number of hydrogen-bond donors (Lipinski definition) is 1. The van der Waals surface area contributed by atoms with Gasteiger partial charge in [-0.05, 0) is 91.7 Å². The zero-order valence-electron chi connectivity index (χ0n) is 34.3. The Labute approximate surface area is 375 Å². The fourth-order valence-corrected chi connectivity index (χ4v) is 6.27. The summed E-state index contributed by atoms with van der Waals surface area (Å²) in [5.74, 6) is 2.95. The molecule has 0 aliphatic carbocycles. The van der Waals surface area contributed by atoms with Crippen LogP contribution in [-0.2, 0) is 12.8 Å². The van der Waals surface area contributed by atoms with E-state index in [1.54, 1.807) is 111 Å². The molecule has 0 fully saturated rings. The summed E-state index contributed by atoms with van der Waals surface area (Å²) in [6.07, 6.45) is 2.85. The minimum atomic E-state index is -0.973. The molecule has 61 heavy (non-hydrogen) atoms. The van der Waals surface area contributed by atoms with E-state index in [1.807, 2.05) is 13.8 Å². The highest BCUT2D eigenvalue weighted by molar-refractivity contribution is 6.33. The molecule has 0 saturated heterocycles. The van der Waals surface area contributed by atoms with Crippen molar-refractivity contribution < 1.29 is 43.1 Å². The molecule has 6 aromatic rings. The van der Waals surface area contributed by atoms with Crippen molar-refractivity contribution in [2.24, 2.45) is 0 Å². The molecule has 0 unspecified atom stereocenters. The van der Waals surface area contributed by atoms with Gasteiger partial charge < -0.3 is 33.5 Å². The molecule has 15 heteroatoms. The second kappa shape index (κ2) is 23.9. The number of aryl methyl sites for hydroxylation is 2. The van der Waals surface area contributed by atoms with E-state index >= 15 is 0 Å². The van der Waals surface area contributed by atoms with Crippen LogP contribution in [-0.4, -0.2) is 55.3 Å². The minimum Gasteiger partial charge on any atom is -0.497 e. The van der Waals surface area contributed by atoms with E-state index in [2.05, 4.69) is 9.97 Å². The predicted molar refractivity (Wildman–Crippen MR) is 239 cm³/mol. The van der Waals surface area contributed by atoms with Gasteiger partial charge in [0.1, 0.15) is 34.5 Å². The standard InChI is InChI=1S/C23H21Cl2NO4.C15H14ClNO3.C8H9ClO2/c1-4-5-19-16(10-11-22(26-19)30-15-8-6-14(24)7-9-15)23(27)17-12-21(29-3)18(25)13-20(17)28-2;1-2-3-13-12(15(18)19)8-9-14(17-13)20-11-6-4-10(16)5-7-11;1-10-6-3-4-8(11-2)7(9)5-6/h6-13H,4-5H2,1-3H3;4-9H,2-3H2,1H3,(H,18,19);3-5H,1-2H3. The summed E-state index contributed by atoms with van der Waals surface area (Å²) in [5, 5.41) is 11.3. The van der Waals surface area contributed by atoms with Crippen molar-refractivity contribution in [1.29, 1.82) is 0 Å². The molecular weight excluding hydrogens is 866 g/mol. The highest BCUT2D eigenvalue weighted by Crippen LogP contribution is 2.35. The van der Waals surface area contributed by atoms with Gasteiger partial charge >= 0.3 is 5.97 Å². The van der Waals surface area contributed by atoms with Crippen LogP contribution in [0.5, 0.6) is 46.3 Å². The summed E-state index contributed by atoms with van der Waals surface area (Å²) >= 11 is 23.7. The van der Waals surface area contributed by atoms with Gasteiger partial charge in [0.15, 0.2) is 5.78 Å². The number of rotatable bonds is 15. The molecule has 1 N–H and O–H groups in total. The number of methoxy groups -OCH3 is 4. The first kappa shape index (κ1) is 48.0. The SMILES string of the molecule is CCCc1nc(Oc2ccc(Cl)cc2)ccc1C(=O)O.CCCc1nc(Oc2ccc(Cl)cc2)ccc1C(=O)c1cc(OC)c(Cl)cc1OC.COc1ccc(OC)c(Cl)c1. The Hall–Kier alpha value is -5.72. The van der Waals surface area contributed by atoms with Crippen molar-refractivity contribution in [2.75, 3.05) is 28.4 Å². The third-order valence-electron chi connectivity index (χ3n) is 8.50. The predicted octanol–water partition coefficient (Wildman–Crippen LogP) is 12.9. The molecule has 2 aromatic heterocycles. The number of ketones is 1. The normalized spacial score (nSPS) is 10.3. The molecule has 0 aliphatic rings. The maximum absolute atomic E-state index is 13.3. The van der Waals surface area contributed by atoms with E-state index in [0.717, 1.165) is 18.6 Å². The lowest BCUT2D eigenvalue weighted by molar-refractivity contribution is 0.0694. The molecule has 2 heterocycles. The first-order chi connectivity index (χ1) is 29.3. The first-order valence-electron chi connectivity index (χ1n) is 18.8. The number of aromatic carboxylic acids is 1. The molecule has 0 saturated carbocycles. The number of carbonyl (C=O) groups is 2. The van der Waals surface area contributed by atoms with Gasteiger partial charge in [-0.3, -0.25) is 4.79 Å². The van der Waals surface area contributed by atoms with Crippen molar-refractivity contribution >= 4 is 58.2 Å². The number of nitrogens with zero attached hydrogens (tertiary/aromatic N) is 2. The zero-order chi connectivity index (χ0) is 44.5. The number of hydrogen-bond acceptors (Lipinski definition) is 10. The van der Waals surface area contributed by atoms with Crippen LogP contribution in [0, 0.1) is 0 Å². The number of benzene rings is 4. The Balaban J connectivity index is 0.000000226. The maximum atomic E-state index is 13.3. The summed E-state index contributed by atoms with van der Waals surface area (Å²) in [7, 11) is 6.16. The number of aromatic nitrogens is 2. The fraction of sp³-hybridized carbons (Fsp3) is 0.217. The molecule has 0 aliphatic heterocycles. The van der Waals surface area contributed by atoms with Crippen molar-refractivity contribution in [3.63, 3.8) is 0 Å². The Morgan fingerprint density at radius 2 is 0.967 bits per heavy atom. The number of carboxylic acid groups (broad SMARTS) is 1. The van der Waals surface area contributed by atoms with Crippen molar-refractivity contribution in [1.82, 2.24) is 9.97 Å². The fourth-order valence-electron chi connectivity index (χ4n) is 5.54. The molecular formula is C46H44Cl4N2O9. The van der Waals surface area contributed by atoms with Gasteiger partial charge in [-0.25, -0.2) is 14.8 Å². The largest absolute Gasteiger partial charge is 0.497 e. The summed E-state index contributed by atoms with van der Waals surface area (Å²) in [6.45, 7) is 3.99. The van der Waals surface area contributed by atoms with Crippen LogP contribution in [0.1, 0.15) is 64.4 Å². The number of halogens is 4. The Morgan fingerprint density at radius 1 is 0.508 bits per heavy atom. The third-order valence-corrected chi connectivity index (χ3v) is 9.59. The highest BCUT2D eigenvalue weighted by Gasteiger charge is 2.22. The van der Waals surface area contributed by atoms with E-state index < -0.39 is 5.97 Å². The Kier molecular flexibility index (Phi) is 18.8. The molecule has 0 bridgehead atoms. The number of carbonyl (C=O) groups excluding carboxylic acids is 1. The highest BCUT2D eigenvalue weighted by atomic mass is 35.5. The van der Waals surface area contributed by atoms with E-state index in [-0.39, 0.29) is 11.3 Å². The average Bonchev–Trinajstić information content (AvgIpc) is 3.25. The molecule has 6 rings (SSSR count). The van der Waals surface area contributed by atoms with Crippen LogP contribution in [0.2, 0.25) is 20.1 Å². The van der Waals surface area contributed by atoms with E-state index in [1.165, 1.54) is 20.3 Å². The molecule has 0 radical (unpaired) electrons. The smallest absolute Gasteiger partial charge is 0.337 e. The lowest BCUT2D eigenvalue weighted by Crippen LogP contribution is -2.10.